The van der Waals surface area contributed by atoms with E-state index in [4.69, 9.17) is 31.2 Å². The van der Waals surface area contributed by atoms with Crippen molar-refractivity contribution in [3.63, 3.8) is 0 Å². The Labute approximate surface area is 165 Å². The zero-order valence-corrected chi connectivity index (χ0v) is 16.0. The van der Waals surface area contributed by atoms with Gasteiger partial charge in [-0.3, -0.25) is 9.59 Å². The number of aromatic nitrogens is 1. The van der Waals surface area contributed by atoms with Gasteiger partial charge in [-0.2, -0.15) is 0 Å². The number of halogens is 1. The van der Waals surface area contributed by atoms with Gasteiger partial charge in [-0.1, -0.05) is 18.5 Å². The lowest BCUT2D eigenvalue weighted by Gasteiger charge is -2.13. The van der Waals surface area contributed by atoms with E-state index in [-0.39, 0.29) is 28.7 Å². The molecule has 8 nitrogen and oxygen atoms in total. The fraction of sp³-hybridized carbons (Fsp3) is 0.211. The topological polar surface area (TPSA) is 117 Å². The summed E-state index contributed by atoms with van der Waals surface area (Å²) in [6.45, 7) is 1.58. The summed E-state index contributed by atoms with van der Waals surface area (Å²) in [7, 11) is 1.40. The molecule has 0 spiro atoms. The van der Waals surface area contributed by atoms with Crippen LogP contribution >= 0.6 is 11.6 Å². The number of nitrogens with zero attached hydrogens (tertiary/aromatic N) is 1. The van der Waals surface area contributed by atoms with Crippen LogP contribution in [0.4, 0.5) is 5.69 Å². The summed E-state index contributed by atoms with van der Waals surface area (Å²) in [5, 5.41) is 2.89. The van der Waals surface area contributed by atoms with Crippen molar-refractivity contribution in [2.24, 2.45) is 5.73 Å². The van der Waals surface area contributed by atoms with Crippen LogP contribution in [0.2, 0.25) is 5.02 Å². The van der Waals surface area contributed by atoms with Crippen molar-refractivity contribution in [1.29, 1.82) is 0 Å². The van der Waals surface area contributed by atoms with Crippen molar-refractivity contribution in [1.82, 2.24) is 4.98 Å². The second kappa shape index (κ2) is 8.18. The number of benzene rings is 2. The van der Waals surface area contributed by atoms with E-state index in [2.05, 4.69) is 10.3 Å². The normalized spacial score (nSPS) is 10.7. The van der Waals surface area contributed by atoms with Crippen molar-refractivity contribution < 1.29 is 23.5 Å². The minimum atomic E-state index is -0.658. The number of primary amides is 1. The van der Waals surface area contributed by atoms with Crippen LogP contribution in [0.3, 0.4) is 0 Å². The molecule has 0 saturated carbocycles. The largest absolute Gasteiger partial charge is 0.493 e. The van der Waals surface area contributed by atoms with Crippen LogP contribution in [0.25, 0.3) is 11.1 Å². The van der Waals surface area contributed by atoms with Gasteiger partial charge in [0.25, 0.3) is 11.8 Å². The molecule has 0 aliphatic carbocycles. The van der Waals surface area contributed by atoms with Crippen LogP contribution in [-0.4, -0.2) is 30.5 Å². The molecule has 0 saturated heterocycles. The van der Waals surface area contributed by atoms with E-state index in [1.165, 1.54) is 19.2 Å². The summed E-state index contributed by atoms with van der Waals surface area (Å²) in [6, 6.07) is 8.06. The third kappa shape index (κ3) is 4.17. The minimum Gasteiger partial charge on any atom is -0.493 e. The van der Waals surface area contributed by atoms with Gasteiger partial charge < -0.3 is 24.9 Å². The highest BCUT2D eigenvalue weighted by molar-refractivity contribution is 6.32. The number of nitrogens with two attached hydrogens (primary N) is 1. The highest BCUT2D eigenvalue weighted by Crippen LogP contribution is 2.36. The third-order valence-corrected chi connectivity index (χ3v) is 4.12. The number of rotatable bonds is 7. The first-order valence-corrected chi connectivity index (χ1v) is 8.78. The maximum atomic E-state index is 12.6. The first-order chi connectivity index (χ1) is 13.4. The smallest absolute Gasteiger partial charge is 0.255 e. The Morgan fingerprint density at radius 1 is 1.29 bits per heavy atom. The summed E-state index contributed by atoms with van der Waals surface area (Å²) in [6.07, 6.45) is 0.679. The van der Waals surface area contributed by atoms with Gasteiger partial charge in [0.15, 0.2) is 29.6 Å². The molecule has 9 heteroatoms. The van der Waals surface area contributed by atoms with Crippen LogP contribution in [0.1, 0.15) is 23.2 Å². The lowest BCUT2D eigenvalue weighted by molar-refractivity contribution is -0.119. The molecule has 1 aromatic heterocycles. The van der Waals surface area contributed by atoms with Crippen LogP contribution < -0.4 is 20.5 Å². The molecule has 0 aliphatic rings. The molecule has 2 aromatic carbocycles. The molecule has 146 valence electrons. The fourth-order valence-electron chi connectivity index (χ4n) is 2.54. The molecular formula is C19H18ClN3O5. The summed E-state index contributed by atoms with van der Waals surface area (Å²) in [5.41, 5.74) is 7.18. The number of carbonyl (C=O) groups is 2. The van der Waals surface area contributed by atoms with Gasteiger partial charge in [0, 0.05) is 17.7 Å². The molecule has 28 heavy (non-hydrogen) atoms. The van der Waals surface area contributed by atoms with Crippen LogP contribution in [0.5, 0.6) is 11.5 Å². The van der Waals surface area contributed by atoms with Gasteiger partial charge in [-0.15, -0.1) is 0 Å². The second-order valence-corrected chi connectivity index (χ2v) is 6.25. The zero-order chi connectivity index (χ0) is 20.3. The number of carbonyl (C=O) groups excluding carboxylic acids is 2. The SMILES string of the molecule is CCc1nc2cc(NC(=O)c3cc(Cl)c(OCC(N)=O)c(OC)c3)ccc2o1. The lowest BCUT2D eigenvalue weighted by Crippen LogP contribution is -2.20. The Morgan fingerprint density at radius 3 is 2.75 bits per heavy atom. The summed E-state index contributed by atoms with van der Waals surface area (Å²) < 4.78 is 16.0. The molecule has 0 unspecified atom stereocenters. The summed E-state index contributed by atoms with van der Waals surface area (Å²) >= 11 is 6.18. The standard InChI is InChI=1S/C19H18ClN3O5/c1-3-17-23-13-8-11(4-5-14(13)28-17)22-19(25)10-6-12(20)18(15(7-10)26-2)27-9-16(21)24/h4-8H,3,9H2,1-2H3,(H2,21,24)(H,22,25). The van der Waals surface area contributed by atoms with Gasteiger partial charge in [-0.05, 0) is 30.3 Å². The summed E-state index contributed by atoms with van der Waals surface area (Å²) in [4.78, 5) is 27.9. The number of oxazole rings is 1. The quantitative estimate of drug-likeness (QED) is 0.625. The van der Waals surface area contributed by atoms with E-state index in [1.54, 1.807) is 18.2 Å². The number of amides is 2. The molecule has 3 aromatic rings. The van der Waals surface area contributed by atoms with E-state index in [9.17, 15) is 9.59 Å². The van der Waals surface area contributed by atoms with Crippen molar-refractivity contribution >= 4 is 40.2 Å². The molecule has 0 radical (unpaired) electrons. The molecule has 0 bridgehead atoms. The average molecular weight is 404 g/mol. The zero-order valence-electron chi connectivity index (χ0n) is 15.2. The van der Waals surface area contributed by atoms with Gasteiger partial charge in [0.2, 0.25) is 0 Å². The Balaban J connectivity index is 1.83. The van der Waals surface area contributed by atoms with Crippen molar-refractivity contribution in [3.8, 4) is 11.5 Å². The number of hydrogen-bond donors (Lipinski definition) is 2. The Morgan fingerprint density at radius 2 is 2.07 bits per heavy atom. The van der Waals surface area contributed by atoms with Crippen molar-refractivity contribution in [3.05, 3.63) is 46.8 Å². The summed E-state index contributed by atoms with van der Waals surface area (Å²) in [5.74, 6) is -0.0924. The average Bonchev–Trinajstić information content (AvgIpc) is 3.08. The molecule has 0 atom stereocenters. The first kappa shape index (κ1) is 19.5. The molecule has 3 rings (SSSR count). The van der Waals surface area contributed by atoms with Gasteiger partial charge in [0.1, 0.15) is 5.52 Å². The second-order valence-electron chi connectivity index (χ2n) is 5.84. The number of fused-ring (bicyclic) bond motifs is 1. The fourth-order valence-corrected chi connectivity index (χ4v) is 2.81. The minimum absolute atomic E-state index is 0.116. The number of methoxy groups -OCH3 is 1. The molecule has 1 heterocycles. The van der Waals surface area contributed by atoms with E-state index < -0.39 is 11.8 Å². The van der Waals surface area contributed by atoms with E-state index in [0.717, 1.165) is 0 Å². The molecule has 2 amide bonds. The highest BCUT2D eigenvalue weighted by Gasteiger charge is 2.17. The van der Waals surface area contributed by atoms with Crippen LogP contribution in [-0.2, 0) is 11.2 Å². The maximum absolute atomic E-state index is 12.6. The van der Waals surface area contributed by atoms with Crippen molar-refractivity contribution in [2.75, 3.05) is 19.0 Å². The third-order valence-electron chi connectivity index (χ3n) is 3.84. The molecular weight excluding hydrogens is 386 g/mol. The number of hydrogen-bond acceptors (Lipinski definition) is 6. The van der Waals surface area contributed by atoms with Crippen LogP contribution in [0.15, 0.2) is 34.7 Å². The monoisotopic (exact) mass is 403 g/mol. The van der Waals surface area contributed by atoms with Crippen molar-refractivity contribution in [2.45, 2.75) is 13.3 Å². The van der Waals surface area contributed by atoms with Gasteiger partial charge in [0.05, 0.1) is 12.1 Å². The highest BCUT2D eigenvalue weighted by atomic mass is 35.5. The van der Waals surface area contributed by atoms with E-state index in [1.807, 2.05) is 6.92 Å². The number of anilines is 1. The van der Waals surface area contributed by atoms with E-state index in [0.29, 0.717) is 29.1 Å². The Hall–Kier alpha value is -3.26. The lowest BCUT2D eigenvalue weighted by atomic mass is 10.1. The predicted octanol–water partition coefficient (Wildman–Crippen LogP) is 3.17. The number of ether oxygens (including phenoxy) is 2. The molecule has 0 aliphatic heterocycles. The van der Waals surface area contributed by atoms with Gasteiger partial charge >= 0.3 is 0 Å². The van der Waals surface area contributed by atoms with Gasteiger partial charge in [-0.25, -0.2) is 4.98 Å². The number of nitrogens with one attached hydrogen (secondary N) is 1. The molecule has 0 fully saturated rings. The number of aryl methyl sites for hydroxylation is 1. The Kier molecular flexibility index (Phi) is 5.70. The Bertz CT molecular complexity index is 1050. The predicted molar refractivity (Wildman–Crippen MR) is 104 cm³/mol. The maximum Gasteiger partial charge on any atom is 0.255 e. The van der Waals surface area contributed by atoms with Crippen LogP contribution in [0, 0.1) is 0 Å². The molecule has 3 N–H and O–H groups in total. The first-order valence-electron chi connectivity index (χ1n) is 8.40. The van der Waals surface area contributed by atoms with E-state index >= 15 is 0 Å².